The van der Waals surface area contributed by atoms with Crippen LogP contribution >= 0.6 is 0 Å². The molecule has 13 heavy (non-hydrogen) atoms. The summed E-state index contributed by atoms with van der Waals surface area (Å²) in [6, 6.07) is 0. The quantitative estimate of drug-likeness (QED) is 0.637. The zero-order chi connectivity index (χ0) is 9.05. The van der Waals surface area contributed by atoms with Gasteiger partial charge in [0.05, 0.1) is 6.10 Å². The van der Waals surface area contributed by atoms with Gasteiger partial charge in [-0.25, -0.2) is 0 Å². The smallest absolute Gasteiger partial charge is 0.0597 e. The molecule has 0 saturated heterocycles. The highest BCUT2D eigenvalue weighted by atomic mass is 16.3. The fraction of sp³-hybridized carbons (Fsp3) is 1.00. The van der Waals surface area contributed by atoms with Gasteiger partial charge in [-0.3, -0.25) is 0 Å². The van der Waals surface area contributed by atoms with Crippen LogP contribution in [-0.4, -0.2) is 17.8 Å². The van der Waals surface area contributed by atoms with Crippen molar-refractivity contribution in [2.45, 2.75) is 38.2 Å². The van der Waals surface area contributed by atoms with E-state index in [-0.39, 0.29) is 6.10 Å². The van der Waals surface area contributed by atoms with Gasteiger partial charge in [0, 0.05) is 0 Å². The number of aliphatic hydroxyl groups is 1. The second kappa shape index (κ2) is 2.48. The van der Waals surface area contributed by atoms with E-state index in [0.29, 0.717) is 17.3 Å². The molecule has 74 valence electrons. The van der Waals surface area contributed by atoms with E-state index in [0.717, 1.165) is 12.5 Å². The molecule has 5 atom stereocenters. The van der Waals surface area contributed by atoms with Crippen LogP contribution in [-0.2, 0) is 0 Å². The van der Waals surface area contributed by atoms with E-state index >= 15 is 0 Å². The van der Waals surface area contributed by atoms with Gasteiger partial charge in [-0.05, 0) is 61.8 Å². The summed E-state index contributed by atoms with van der Waals surface area (Å²) in [4.78, 5) is 0. The van der Waals surface area contributed by atoms with Crippen LogP contribution in [0.5, 0.6) is 0 Å². The topological polar surface area (TPSA) is 46.2 Å². The monoisotopic (exact) mass is 181 g/mol. The Kier molecular flexibility index (Phi) is 1.58. The fourth-order valence-corrected chi connectivity index (χ4v) is 4.42. The van der Waals surface area contributed by atoms with Gasteiger partial charge in [0.25, 0.3) is 0 Å². The molecule has 0 amide bonds. The third-order valence-corrected chi connectivity index (χ3v) is 4.78. The van der Waals surface area contributed by atoms with Gasteiger partial charge >= 0.3 is 0 Å². The predicted molar refractivity (Wildman–Crippen MR) is 51.0 cm³/mol. The Labute approximate surface area is 79.5 Å². The van der Waals surface area contributed by atoms with Crippen molar-refractivity contribution in [3.63, 3.8) is 0 Å². The second-order valence-corrected chi connectivity index (χ2v) is 5.66. The van der Waals surface area contributed by atoms with Crippen molar-refractivity contribution in [1.82, 2.24) is 0 Å². The van der Waals surface area contributed by atoms with E-state index in [1.165, 1.54) is 32.1 Å². The minimum atomic E-state index is 0.0104. The largest absolute Gasteiger partial charge is 0.393 e. The third kappa shape index (κ3) is 1.02. The van der Waals surface area contributed by atoms with E-state index in [9.17, 15) is 5.11 Å². The van der Waals surface area contributed by atoms with Gasteiger partial charge in [-0.2, -0.15) is 0 Å². The first kappa shape index (κ1) is 8.25. The average Bonchev–Trinajstić information content (AvgIpc) is 2.13. The molecule has 4 fully saturated rings. The molecular weight excluding hydrogens is 162 g/mol. The highest BCUT2D eigenvalue weighted by Crippen LogP contribution is 2.59. The Morgan fingerprint density at radius 3 is 2.31 bits per heavy atom. The summed E-state index contributed by atoms with van der Waals surface area (Å²) in [7, 11) is 0. The number of nitrogens with two attached hydrogens (primary N) is 1. The van der Waals surface area contributed by atoms with Crippen molar-refractivity contribution in [3.8, 4) is 0 Å². The average molecular weight is 181 g/mol. The molecule has 4 aliphatic carbocycles. The summed E-state index contributed by atoms with van der Waals surface area (Å²) in [5.41, 5.74) is 6.33. The molecule has 0 aromatic rings. The number of hydrogen-bond donors (Lipinski definition) is 2. The molecule has 3 N–H and O–H groups in total. The zero-order valence-electron chi connectivity index (χ0n) is 8.08. The Morgan fingerprint density at radius 1 is 1.15 bits per heavy atom. The van der Waals surface area contributed by atoms with Crippen LogP contribution in [0.1, 0.15) is 32.1 Å². The number of hydrogen-bond acceptors (Lipinski definition) is 2. The highest BCUT2D eigenvalue weighted by molar-refractivity contribution is 5.05. The van der Waals surface area contributed by atoms with Crippen molar-refractivity contribution in [3.05, 3.63) is 0 Å². The van der Waals surface area contributed by atoms with E-state index in [4.69, 9.17) is 5.73 Å². The second-order valence-electron chi connectivity index (χ2n) is 5.66. The minimum absolute atomic E-state index is 0.0104. The normalized spacial score (nSPS) is 58.6. The summed E-state index contributed by atoms with van der Waals surface area (Å²) in [5.74, 6) is 2.08. The van der Waals surface area contributed by atoms with Crippen molar-refractivity contribution < 1.29 is 5.11 Å². The number of aliphatic hydroxyl groups excluding tert-OH is 1. The molecule has 4 bridgehead atoms. The molecule has 4 saturated carbocycles. The summed E-state index contributed by atoms with van der Waals surface area (Å²) in [5, 5.41) is 10.00. The number of rotatable bonds is 1. The molecular formula is C11H19NO. The van der Waals surface area contributed by atoms with E-state index in [1.807, 2.05) is 0 Å². The standard InChI is InChI=1S/C11H19NO/c12-6-11-3-7-1-8(4-11)10(13)9(2-7)5-11/h7-10,13H,1-6,12H2/t7?,8-,9+,10?,11?. The fourth-order valence-electron chi connectivity index (χ4n) is 4.42. The molecule has 0 heterocycles. The Bertz CT molecular complexity index is 212. The first-order chi connectivity index (χ1) is 6.22. The Balaban J connectivity index is 1.92. The maximum absolute atomic E-state index is 10.00. The maximum Gasteiger partial charge on any atom is 0.0597 e. The van der Waals surface area contributed by atoms with Crippen LogP contribution in [0.15, 0.2) is 0 Å². The Hall–Kier alpha value is -0.0800. The first-order valence-corrected chi connectivity index (χ1v) is 5.61. The summed E-state index contributed by atoms with van der Waals surface area (Å²) < 4.78 is 0. The predicted octanol–water partition coefficient (Wildman–Crippen LogP) is 1.13. The van der Waals surface area contributed by atoms with E-state index in [2.05, 4.69) is 0 Å². The lowest BCUT2D eigenvalue weighted by molar-refractivity contribution is -0.130. The Morgan fingerprint density at radius 2 is 1.77 bits per heavy atom. The minimum Gasteiger partial charge on any atom is -0.393 e. The zero-order valence-corrected chi connectivity index (χ0v) is 8.08. The molecule has 2 heteroatoms. The molecule has 3 unspecified atom stereocenters. The third-order valence-electron chi connectivity index (χ3n) is 4.78. The van der Waals surface area contributed by atoms with Gasteiger partial charge in [0.1, 0.15) is 0 Å². The van der Waals surface area contributed by atoms with Crippen molar-refractivity contribution in [2.24, 2.45) is 28.9 Å². The van der Waals surface area contributed by atoms with Crippen LogP contribution in [0.3, 0.4) is 0 Å². The van der Waals surface area contributed by atoms with Gasteiger partial charge in [0.15, 0.2) is 0 Å². The maximum atomic E-state index is 10.00. The van der Waals surface area contributed by atoms with Crippen molar-refractivity contribution >= 4 is 0 Å². The highest BCUT2D eigenvalue weighted by Gasteiger charge is 2.54. The molecule has 0 aromatic heterocycles. The van der Waals surface area contributed by atoms with Gasteiger partial charge in [-0.15, -0.1) is 0 Å². The van der Waals surface area contributed by atoms with Crippen LogP contribution in [0.4, 0.5) is 0 Å². The van der Waals surface area contributed by atoms with Gasteiger partial charge in [0.2, 0.25) is 0 Å². The molecule has 0 spiro atoms. The van der Waals surface area contributed by atoms with Crippen LogP contribution < -0.4 is 5.73 Å². The summed E-state index contributed by atoms with van der Waals surface area (Å²) in [6.07, 6.45) is 6.33. The first-order valence-electron chi connectivity index (χ1n) is 5.61. The van der Waals surface area contributed by atoms with Crippen LogP contribution in [0.2, 0.25) is 0 Å². The van der Waals surface area contributed by atoms with Crippen molar-refractivity contribution in [2.75, 3.05) is 6.54 Å². The molecule has 4 rings (SSSR count). The molecule has 4 aliphatic rings. The van der Waals surface area contributed by atoms with E-state index in [1.54, 1.807) is 0 Å². The van der Waals surface area contributed by atoms with Gasteiger partial charge in [-0.1, -0.05) is 0 Å². The SMILES string of the molecule is NCC12CC3C[C@H](C1)C(O)[C@@H](C3)C2. The lowest BCUT2D eigenvalue weighted by Crippen LogP contribution is -2.55. The van der Waals surface area contributed by atoms with Gasteiger partial charge < -0.3 is 10.8 Å². The summed E-state index contributed by atoms with van der Waals surface area (Å²) in [6.45, 7) is 0.850. The lowest BCUT2D eigenvalue weighted by Gasteiger charge is -2.58. The molecule has 0 aliphatic heterocycles. The van der Waals surface area contributed by atoms with E-state index < -0.39 is 0 Å². The molecule has 0 aromatic carbocycles. The lowest BCUT2D eigenvalue weighted by atomic mass is 9.48. The van der Waals surface area contributed by atoms with Crippen LogP contribution in [0.25, 0.3) is 0 Å². The van der Waals surface area contributed by atoms with Crippen molar-refractivity contribution in [1.29, 1.82) is 0 Å². The van der Waals surface area contributed by atoms with Crippen LogP contribution in [0, 0.1) is 23.2 Å². The summed E-state index contributed by atoms with van der Waals surface area (Å²) >= 11 is 0. The molecule has 0 radical (unpaired) electrons. The molecule has 2 nitrogen and oxygen atoms in total.